The summed E-state index contributed by atoms with van der Waals surface area (Å²) in [5, 5.41) is 4.84. The van der Waals surface area contributed by atoms with Crippen LogP contribution in [-0.4, -0.2) is 24.9 Å². The van der Waals surface area contributed by atoms with Crippen LogP contribution in [0.4, 0.5) is 18.9 Å². The van der Waals surface area contributed by atoms with Gasteiger partial charge < -0.3 is 16.4 Å². The summed E-state index contributed by atoms with van der Waals surface area (Å²) >= 11 is 0. The normalized spacial score (nSPS) is 12.7. The molecule has 1 rings (SSSR count). The lowest BCUT2D eigenvalue weighted by molar-refractivity contribution is -0.137. The van der Waals surface area contributed by atoms with Gasteiger partial charge in [0.25, 0.3) is 5.91 Å². The van der Waals surface area contributed by atoms with Crippen molar-refractivity contribution in [3.8, 4) is 0 Å². The highest BCUT2D eigenvalue weighted by molar-refractivity contribution is 6.01. The average molecular weight is 289 g/mol. The van der Waals surface area contributed by atoms with E-state index in [0.29, 0.717) is 0 Å². The number of rotatable bonds is 4. The number of carbonyl (C=O) groups excluding carboxylic acids is 2. The molecule has 0 heterocycles. The molecule has 1 unspecified atom stereocenters. The standard InChI is InChI=1S/C12H14F3N3O2/c1-6(10(16)19)18-11(20)8-5-7(12(13,14)15)3-4-9(8)17-2/h3-6,17H,1-2H3,(H2,16,19)(H,18,20). The average Bonchev–Trinajstić information content (AvgIpc) is 2.36. The molecule has 0 aliphatic rings. The highest BCUT2D eigenvalue weighted by Gasteiger charge is 2.32. The van der Waals surface area contributed by atoms with E-state index >= 15 is 0 Å². The number of nitrogens with one attached hydrogen (secondary N) is 2. The second-order valence-corrected chi connectivity index (χ2v) is 4.11. The summed E-state index contributed by atoms with van der Waals surface area (Å²) in [7, 11) is 1.47. The number of amides is 2. The monoisotopic (exact) mass is 289 g/mol. The molecule has 0 saturated heterocycles. The summed E-state index contributed by atoms with van der Waals surface area (Å²) in [5.41, 5.74) is 4.03. The van der Waals surface area contributed by atoms with Gasteiger partial charge in [-0.15, -0.1) is 0 Å². The zero-order valence-corrected chi connectivity index (χ0v) is 10.8. The summed E-state index contributed by atoms with van der Waals surface area (Å²) in [6, 6.07) is 1.74. The number of carbonyl (C=O) groups is 2. The molecule has 0 spiro atoms. The molecule has 2 amide bonds. The molecule has 8 heteroatoms. The molecule has 1 aromatic carbocycles. The van der Waals surface area contributed by atoms with Crippen molar-refractivity contribution in [1.29, 1.82) is 0 Å². The van der Waals surface area contributed by atoms with Crippen molar-refractivity contribution in [1.82, 2.24) is 5.32 Å². The Morgan fingerprint density at radius 1 is 1.30 bits per heavy atom. The van der Waals surface area contributed by atoms with Crippen molar-refractivity contribution in [2.24, 2.45) is 5.73 Å². The number of halogens is 3. The van der Waals surface area contributed by atoms with Crippen LogP contribution in [0.2, 0.25) is 0 Å². The Labute approximate surface area is 113 Å². The first kappa shape index (κ1) is 15.8. The van der Waals surface area contributed by atoms with E-state index < -0.39 is 29.6 Å². The van der Waals surface area contributed by atoms with Gasteiger partial charge in [-0.05, 0) is 25.1 Å². The first-order valence-corrected chi connectivity index (χ1v) is 5.66. The molecule has 1 atom stereocenters. The summed E-state index contributed by atoms with van der Waals surface area (Å²) in [4.78, 5) is 22.8. The minimum atomic E-state index is -4.56. The van der Waals surface area contributed by atoms with Gasteiger partial charge in [0.2, 0.25) is 5.91 Å². The lowest BCUT2D eigenvalue weighted by Gasteiger charge is -2.15. The molecule has 0 saturated carbocycles. The molecule has 0 aliphatic heterocycles. The number of hydrogen-bond donors (Lipinski definition) is 3. The van der Waals surface area contributed by atoms with E-state index in [2.05, 4.69) is 10.6 Å². The van der Waals surface area contributed by atoms with Gasteiger partial charge in [-0.1, -0.05) is 0 Å². The zero-order chi connectivity index (χ0) is 15.5. The van der Waals surface area contributed by atoms with Crippen LogP contribution in [-0.2, 0) is 11.0 Å². The van der Waals surface area contributed by atoms with Gasteiger partial charge in [0.15, 0.2) is 0 Å². The van der Waals surface area contributed by atoms with Gasteiger partial charge in [-0.2, -0.15) is 13.2 Å². The third-order valence-corrected chi connectivity index (χ3v) is 2.64. The van der Waals surface area contributed by atoms with Crippen molar-refractivity contribution in [2.45, 2.75) is 19.1 Å². The Hall–Kier alpha value is -2.25. The third-order valence-electron chi connectivity index (χ3n) is 2.64. The highest BCUT2D eigenvalue weighted by Crippen LogP contribution is 2.31. The molecule has 20 heavy (non-hydrogen) atoms. The fourth-order valence-corrected chi connectivity index (χ4v) is 1.47. The topological polar surface area (TPSA) is 84.2 Å². The Bertz CT molecular complexity index is 529. The molecule has 1 aromatic rings. The highest BCUT2D eigenvalue weighted by atomic mass is 19.4. The van der Waals surface area contributed by atoms with E-state index in [9.17, 15) is 22.8 Å². The van der Waals surface area contributed by atoms with E-state index in [4.69, 9.17) is 5.73 Å². The SMILES string of the molecule is CNc1ccc(C(F)(F)F)cc1C(=O)NC(C)C(N)=O. The predicted molar refractivity (Wildman–Crippen MR) is 67.1 cm³/mol. The Morgan fingerprint density at radius 3 is 2.35 bits per heavy atom. The van der Waals surface area contributed by atoms with Crippen molar-refractivity contribution >= 4 is 17.5 Å². The molecule has 110 valence electrons. The number of benzene rings is 1. The second-order valence-electron chi connectivity index (χ2n) is 4.11. The number of hydrogen-bond acceptors (Lipinski definition) is 3. The second kappa shape index (κ2) is 5.81. The number of alkyl halides is 3. The minimum Gasteiger partial charge on any atom is -0.387 e. The van der Waals surface area contributed by atoms with E-state index in [0.717, 1.165) is 18.2 Å². The molecule has 0 fully saturated rings. The molecule has 4 N–H and O–H groups in total. The van der Waals surface area contributed by atoms with Crippen molar-refractivity contribution in [2.75, 3.05) is 12.4 Å². The molecule has 0 bridgehead atoms. The zero-order valence-electron chi connectivity index (χ0n) is 10.8. The molecule has 0 aromatic heterocycles. The summed E-state index contributed by atoms with van der Waals surface area (Å²) in [6.45, 7) is 1.34. The smallest absolute Gasteiger partial charge is 0.387 e. The first-order chi connectivity index (χ1) is 9.16. The van der Waals surface area contributed by atoms with Crippen molar-refractivity contribution in [3.05, 3.63) is 29.3 Å². The van der Waals surface area contributed by atoms with E-state index in [1.807, 2.05) is 0 Å². The van der Waals surface area contributed by atoms with Crippen molar-refractivity contribution in [3.63, 3.8) is 0 Å². The van der Waals surface area contributed by atoms with Gasteiger partial charge in [0.05, 0.1) is 11.1 Å². The van der Waals surface area contributed by atoms with Crippen LogP contribution in [0.5, 0.6) is 0 Å². The first-order valence-electron chi connectivity index (χ1n) is 5.66. The Kier molecular flexibility index (Phi) is 4.59. The van der Waals surface area contributed by atoms with Crippen LogP contribution in [0, 0.1) is 0 Å². The van der Waals surface area contributed by atoms with Gasteiger partial charge in [0.1, 0.15) is 6.04 Å². The van der Waals surface area contributed by atoms with E-state index in [1.54, 1.807) is 0 Å². The predicted octanol–water partition coefficient (Wildman–Crippen LogP) is 1.35. The van der Waals surface area contributed by atoms with E-state index in [-0.39, 0.29) is 11.3 Å². The lowest BCUT2D eigenvalue weighted by Crippen LogP contribution is -2.42. The number of anilines is 1. The van der Waals surface area contributed by atoms with E-state index in [1.165, 1.54) is 14.0 Å². The molecule has 0 radical (unpaired) electrons. The Balaban J connectivity index is 3.14. The van der Waals surface area contributed by atoms with Gasteiger partial charge in [-0.25, -0.2) is 0 Å². The maximum Gasteiger partial charge on any atom is 0.416 e. The van der Waals surface area contributed by atoms with Crippen LogP contribution in [0.1, 0.15) is 22.8 Å². The number of primary amides is 1. The largest absolute Gasteiger partial charge is 0.416 e. The van der Waals surface area contributed by atoms with Gasteiger partial charge >= 0.3 is 6.18 Å². The summed E-state index contributed by atoms with van der Waals surface area (Å²) in [6.07, 6.45) is -4.56. The lowest BCUT2D eigenvalue weighted by atomic mass is 10.1. The quantitative estimate of drug-likeness (QED) is 0.782. The minimum absolute atomic E-state index is 0.213. The van der Waals surface area contributed by atoms with Crippen LogP contribution in [0.15, 0.2) is 18.2 Å². The van der Waals surface area contributed by atoms with Crippen LogP contribution < -0.4 is 16.4 Å². The van der Waals surface area contributed by atoms with Gasteiger partial charge in [-0.3, -0.25) is 9.59 Å². The fourth-order valence-electron chi connectivity index (χ4n) is 1.47. The van der Waals surface area contributed by atoms with Crippen molar-refractivity contribution < 1.29 is 22.8 Å². The molecule has 0 aliphatic carbocycles. The van der Waals surface area contributed by atoms with Crippen LogP contribution >= 0.6 is 0 Å². The summed E-state index contributed by atoms with van der Waals surface area (Å²) < 4.78 is 37.9. The maximum atomic E-state index is 12.6. The summed E-state index contributed by atoms with van der Waals surface area (Å²) in [5.74, 6) is -1.59. The molecular formula is C12H14F3N3O2. The number of nitrogens with two attached hydrogens (primary N) is 1. The van der Waals surface area contributed by atoms with Crippen LogP contribution in [0.25, 0.3) is 0 Å². The maximum absolute atomic E-state index is 12.6. The van der Waals surface area contributed by atoms with Crippen LogP contribution in [0.3, 0.4) is 0 Å². The van der Waals surface area contributed by atoms with Gasteiger partial charge in [0, 0.05) is 12.7 Å². The third kappa shape index (κ3) is 3.62. The fraction of sp³-hybridized carbons (Fsp3) is 0.333. The molecular weight excluding hydrogens is 275 g/mol. The molecule has 5 nitrogen and oxygen atoms in total. The Morgan fingerprint density at radius 2 is 1.90 bits per heavy atom.